The molecule has 3 N–H and O–H groups in total. The van der Waals surface area contributed by atoms with Crippen LogP contribution in [-0.2, 0) is 4.74 Å². The minimum atomic E-state index is -1.43. The number of carbonyl (C=O) groups excluding carboxylic acids is 2. The maximum atomic E-state index is 12.3. The molecule has 0 bridgehead atoms. The van der Waals surface area contributed by atoms with Gasteiger partial charge in [-0.25, -0.2) is 0 Å². The van der Waals surface area contributed by atoms with Crippen LogP contribution in [0.2, 0.25) is 0 Å². The summed E-state index contributed by atoms with van der Waals surface area (Å²) in [7, 11) is 1.63. The highest BCUT2D eigenvalue weighted by Crippen LogP contribution is 2.25. The summed E-state index contributed by atoms with van der Waals surface area (Å²) in [6.45, 7) is 7.00. The number of hydrogen-bond donors (Lipinski definition) is 3. The van der Waals surface area contributed by atoms with E-state index in [1.807, 2.05) is 24.3 Å². The minimum absolute atomic E-state index is 0.183. The molecule has 0 radical (unpaired) electrons. The minimum Gasteiger partial charge on any atom is -0.383 e. The smallest absolute Gasteiger partial charge is 0.193 e. The lowest BCUT2D eigenvalue weighted by molar-refractivity contribution is 0.0487. The van der Waals surface area contributed by atoms with Crippen LogP contribution in [0.4, 0.5) is 0 Å². The monoisotopic (exact) mass is 413 g/mol. The van der Waals surface area contributed by atoms with E-state index >= 15 is 0 Å². The van der Waals surface area contributed by atoms with Crippen molar-refractivity contribution in [2.24, 2.45) is 0 Å². The fraction of sp³-hybridized carbons (Fsp3) is 0.417. The summed E-state index contributed by atoms with van der Waals surface area (Å²) in [4.78, 5) is 24.6. The summed E-state index contributed by atoms with van der Waals surface area (Å²) in [5.41, 5.74) is -0.123. The van der Waals surface area contributed by atoms with Crippen molar-refractivity contribution in [3.63, 3.8) is 0 Å². The molecular formula is C24H31NO5. The number of rotatable bonds is 10. The Labute approximate surface area is 177 Å². The first-order valence-electron chi connectivity index (χ1n) is 9.91. The summed E-state index contributed by atoms with van der Waals surface area (Å²) < 4.78 is 5.13. The van der Waals surface area contributed by atoms with E-state index in [1.54, 1.807) is 31.4 Å². The SMILES string of the molecule is COCCNC(c1ccc(C(=O)C(C)(C)O)cc1)c1ccc(C(=O)C(C)(C)O)cc1. The molecule has 0 amide bonds. The van der Waals surface area contributed by atoms with E-state index in [4.69, 9.17) is 4.74 Å². The third kappa shape index (κ3) is 6.06. The molecule has 162 valence electrons. The van der Waals surface area contributed by atoms with Crippen LogP contribution < -0.4 is 5.32 Å². The van der Waals surface area contributed by atoms with Gasteiger partial charge in [-0.1, -0.05) is 48.5 Å². The number of aliphatic hydroxyl groups is 2. The van der Waals surface area contributed by atoms with E-state index in [9.17, 15) is 19.8 Å². The highest BCUT2D eigenvalue weighted by Gasteiger charge is 2.26. The normalized spacial score (nSPS) is 12.3. The van der Waals surface area contributed by atoms with Crippen LogP contribution in [0.1, 0.15) is 65.6 Å². The number of benzene rings is 2. The van der Waals surface area contributed by atoms with Gasteiger partial charge in [-0.15, -0.1) is 0 Å². The van der Waals surface area contributed by atoms with Crippen molar-refractivity contribution >= 4 is 11.6 Å². The zero-order chi connectivity index (χ0) is 22.5. The first kappa shape index (κ1) is 23.9. The van der Waals surface area contributed by atoms with Crippen molar-refractivity contribution in [3.05, 3.63) is 70.8 Å². The number of Topliss-reactive ketones (excluding diaryl/α,β-unsaturated/α-hetero) is 2. The van der Waals surface area contributed by atoms with E-state index in [-0.39, 0.29) is 17.6 Å². The standard InChI is InChI=1S/C24H31NO5/c1-23(2,28)21(26)18-10-6-16(7-11-18)20(25-14-15-30-5)17-8-12-19(13-9-17)22(27)24(3,4)29/h6-13,20,25,28-29H,14-15H2,1-5H3. The molecule has 0 saturated carbocycles. The molecule has 2 aromatic carbocycles. The number of ether oxygens (including phenoxy) is 1. The molecule has 0 saturated heterocycles. The third-order valence-electron chi connectivity index (χ3n) is 4.78. The molecule has 0 aliphatic carbocycles. The summed E-state index contributed by atoms with van der Waals surface area (Å²) in [5.74, 6) is -0.681. The molecule has 0 spiro atoms. The summed E-state index contributed by atoms with van der Waals surface area (Å²) in [6, 6.07) is 14.0. The van der Waals surface area contributed by atoms with E-state index in [1.165, 1.54) is 27.7 Å². The second-order valence-corrected chi connectivity index (χ2v) is 8.40. The Balaban J connectivity index is 2.32. The molecule has 2 rings (SSSR count). The lowest BCUT2D eigenvalue weighted by atomic mass is 9.91. The molecule has 6 heteroatoms. The van der Waals surface area contributed by atoms with Crippen LogP contribution in [0.25, 0.3) is 0 Å². The first-order valence-corrected chi connectivity index (χ1v) is 9.91. The zero-order valence-corrected chi connectivity index (χ0v) is 18.2. The van der Waals surface area contributed by atoms with Gasteiger partial charge in [0.15, 0.2) is 11.6 Å². The lowest BCUT2D eigenvalue weighted by Crippen LogP contribution is -2.31. The fourth-order valence-corrected chi connectivity index (χ4v) is 3.09. The largest absolute Gasteiger partial charge is 0.383 e. The predicted octanol–water partition coefficient (Wildman–Crippen LogP) is 2.92. The highest BCUT2D eigenvalue weighted by atomic mass is 16.5. The van der Waals surface area contributed by atoms with Gasteiger partial charge >= 0.3 is 0 Å². The van der Waals surface area contributed by atoms with Crippen molar-refractivity contribution in [1.82, 2.24) is 5.32 Å². The van der Waals surface area contributed by atoms with Gasteiger partial charge in [0.25, 0.3) is 0 Å². The first-order chi connectivity index (χ1) is 13.9. The summed E-state index contributed by atoms with van der Waals surface area (Å²) >= 11 is 0. The Morgan fingerprint density at radius 2 is 1.20 bits per heavy atom. The van der Waals surface area contributed by atoms with Crippen molar-refractivity contribution < 1.29 is 24.5 Å². The lowest BCUT2D eigenvalue weighted by Gasteiger charge is -2.22. The Hall–Kier alpha value is -2.38. The quantitative estimate of drug-likeness (QED) is 0.409. The molecule has 0 aliphatic heterocycles. The van der Waals surface area contributed by atoms with E-state index in [0.717, 1.165) is 11.1 Å². The number of methoxy groups -OCH3 is 1. The second kappa shape index (κ2) is 9.62. The van der Waals surface area contributed by atoms with Crippen LogP contribution >= 0.6 is 0 Å². The molecule has 2 aromatic rings. The third-order valence-corrected chi connectivity index (χ3v) is 4.78. The van der Waals surface area contributed by atoms with E-state index in [2.05, 4.69) is 5.32 Å². The van der Waals surface area contributed by atoms with Crippen LogP contribution in [0, 0.1) is 0 Å². The van der Waals surface area contributed by atoms with Crippen LogP contribution in [0.5, 0.6) is 0 Å². The van der Waals surface area contributed by atoms with Crippen molar-refractivity contribution in [2.45, 2.75) is 44.9 Å². The number of nitrogens with one attached hydrogen (secondary N) is 1. The van der Waals surface area contributed by atoms with Crippen molar-refractivity contribution in [2.75, 3.05) is 20.3 Å². The van der Waals surface area contributed by atoms with Gasteiger partial charge in [0.05, 0.1) is 12.6 Å². The van der Waals surface area contributed by atoms with Crippen LogP contribution in [0.3, 0.4) is 0 Å². The van der Waals surface area contributed by atoms with Gasteiger partial charge in [0, 0.05) is 24.8 Å². The van der Waals surface area contributed by atoms with Gasteiger partial charge in [0.1, 0.15) is 11.2 Å². The van der Waals surface area contributed by atoms with Gasteiger partial charge in [-0.3, -0.25) is 9.59 Å². The maximum Gasteiger partial charge on any atom is 0.193 e. The van der Waals surface area contributed by atoms with Crippen molar-refractivity contribution in [3.8, 4) is 0 Å². The maximum absolute atomic E-state index is 12.3. The molecule has 0 aliphatic rings. The van der Waals surface area contributed by atoms with E-state index < -0.39 is 11.2 Å². The van der Waals surface area contributed by atoms with Gasteiger partial charge < -0.3 is 20.3 Å². The van der Waals surface area contributed by atoms with E-state index in [0.29, 0.717) is 24.3 Å². The van der Waals surface area contributed by atoms with Crippen LogP contribution in [0.15, 0.2) is 48.5 Å². The van der Waals surface area contributed by atoms with Gasteiger partial charge in [-0.05, 0) is 38.8 Å². The number of carbonyl (C=O) groups is 2. The molecule has 0 fully saturated rings. The predicted molar refractivity (Wildman–Crippen MR) is 116 cm³/mol. The molecule has 0 heterocycles. The molecule has 0 unspecified atom stereocenters. The summed E-state index contributed by atoms with van der Waals surface area (Å²) in [6.07, 6.45) is 0. The Kier molecular flexibility index (Phi) is 7.66. The second-order valence-electron chi connectivity index (χ2n) is 8.40. The average molecular weight is 414 g/mol. The molecule has 0 atom stereocenters. The van der Waals surface area contributed by atoms with Gasteiger partial charge in [0.2, 0.25) is 0 Å². The fourth-order valence-electron chi connectivity index (χ4n) is 3.09. The molecular weight excluding hydrogens is 382 g/mol. The average Bonchev–Trinajstić information content (AvgIpc) is 2.69. The molecule has 0 aromatic heterocycles. The Morgan fingerprint density at radius 1 is 0.833 bits per heavy atom. The molecule has 6 nitrogen and oxygen atoms in total. The molecule has 30 heavy (non-hydrogen) atoms. The number of hydrogen-bond acceptors (Lipinski definition) is 6. The number of ketones is 2. The van der Waals surface area contributed by atoms with Gasteiger partial charge in [-0.2, -0.15) is 0 Å². The zero-order valence-electron chi connectivity index (χ0n) is 18.2. The van der Waals surface area contributed by atoms with Crippen LogP contribution in [-0.4, -0.2) is 53.2 Å². The highest BCUT2D eigenvalue weighted by molar-refractivity contribution is 6.02. The van der Waals surface area contributed by atoms with Crippen molar-refractivity contribution in [1.29, 1.82) is 0 Å². The topological polar surface area (TPSA) is 95.9 Å². The Bertz CT molecular complexity index is 789. The summed E-state index contributed by atoms with van der Waals surface area (Å²) in [5, 5.41) is 23.3. The Morgan fingerprint density at radius 3 is 1.50 bits per heavy atom.